The number of benzene rings is 2. The highest BCUT2D eigenvalue weighted by molar-refractivity contribution is 5.94. The Morgan fingerprint density at radius 1 is 1.00 bits per heavy atom. The van der Waals surface area contributed by atoms with Gasteiger partial charge in [-0.05, 0) is 34.8 Å². The zero-order valence-electron chi connectivity index (χ0n) is 10.4. The molecule has 0 spiro atoms. The highest BCUT2D eigenvalue weighted by Crippen LogP contribution is 2.37. The van der Waals surface area contributed by atoms with E-state index in [0.29, 0.717) is 0 Å². The van der Waals surface area contributed by atoms with Crippen LogP contribution in [0.15, 0.2) is 54.6 Å². The second kappa shape index (κ2) is 4.43. The van der Waals surface area contributed by atoms with Crippen molar-refractivity contribution in [2.45, 2.75) is 19.4 Å². The second-order valence-electron chi connectivity index (χ2n) is 4.78. The Labute approximate surface area is 107 Å². The summed E-state index contributed by atoms with van der Waals surface area (Å²) >= 11 is 0. The zero-order chi connectivity index (χ0) is 12.5. The van der Waals surface area contributed by atoms with Gasteiger partial charge in [-0.2, -0.15) is 0 Å². The van der Waals surface area contributed by atoms with Gasteiger partial charge in [0.1, 0.15) is 0 Å². The molecule has 1 unspecified atom stereocenters. The molecule has 0 heterocycles. The van der Waals surface area contributed by atoms with Gasteiger partial charge in [-0.15, -0.1) is 0 Å². The van der Waals surface area contributed by atoms with Gasteiger partial charge in [-0.1, -0.05) is 54.6 Å². The maximum Gasteiger partial charge on any atom is 0.0839 e. The van der Waals surface area contributed by atoms with Crippen LogP contribution in [0.1, 0.15) is 23.6 Å². The van der Waals surface area contributed by atoms with Gasteiger partial charge in [0.2, 0.25) is 0 Å². The molecule has 3 rings (SSSR count). The smallest absolute Gasteiger partial charge is 0.0839 e. The van der Waals surface area contributed by atoms with Crippen molar-refractivity contribution in [3.05, 3.63) is 71.3 Å². The first kappa shape index (κ1) is 11.2. The fraction of sp³-hybridized carbons (Fsp3) is 0.176. The van der Waals surface area contributed by atoms with Gasteiger partial charge in [-0.3, -0.25) is 0 Å². The summed E-state index contributed by atoms with van der Waals surface area (Å²) in [6.07, 6.45) is 0.359. The normalized spacial score (nSPS) is 20.7. The van der Waals surface area contributed by atoms with Crippen LogP contribution in [0.3, 0.4) is 0 Å². The van der Waals surface area contributed by atoms with E-state index >= 15 is 0 Å². The lowest BCUT2D eigenvalue weighted by Crippen LogP contribution is -2.05. The Bertz CT molecular complexity index is 596. The number of hydrogen-bond acceptors (Lipinski definition) is 1. The zero-order valence-corrected chi connectivity index (χ0v) is 10.4. The molecule has 18 heavy (non-hydrogen) atoms. The predicted octanol–water partition coefficient (Wildman–Crippen LogP) is 3.53. The number of fused-ring (bicyclic) bond motifs is 1. The minimum atomic E-state index is -0.373. The highest BCUT2D eigenvalue weighted by Gasteiger charge is 2.26. The summed E-state index contributed by atoms with van der Waals surface area (Å²) in [4.78, 5) is 0. The summed E-state index contributed by atoms with van der Waals surface area (Å²) in [6, 6.07) is 18.5. The van der Waals surface area contributed by atoms with Gasteiger partial charge in [-0.25, -0.2) is 0 Å². The summed E-state index contributed by atoms with van der Waals surface area (Å²) in [7, 11) is 0. The topological polar surface area (TPSA) is 20.2 Å². The molecule has 0 aliphatic heterocycles. The molecule has 1 aliphatic carbocycles. The first-order valence-electron chi connectivity index (χ1n) is 6.30. The number of aliphatic hydroxyl groups is 1. The first-order chi connectivity index (χ1) is 8.77. The summed E-state index contributed by atoms with van der Waals surface area (Å²) in [5.74, 6) is 0. The molecule has 0 aromatic heterocycles. The average Bonchev–Trinajstić information content (AvgIpc) is 2.75. The van der Waals surface area contributed by atoms with Crippen molar-refractivity contribution in [1.82, 2.24) is 0 Å². The molecule has 1 nitrogen and oxygen atoms in total. The average molecular weight is 236 g/mol. The molecule has 0 bridgehead atoms. The van der Waals surface area contributed by atoms with Crippen LogP contribution in [0.4, 0.5) is 0 Å². The fourth-order valence-electron chi connectivity index (χ4n) is 2.75. The molecule has 0 radical (unpaired) electrons. The molecule has 0 saturated carbocycles. The molecule has 1 N–H and O–H groups in total. The molecule has 0 saturated heterocycles. The molecule has 1 aliphatic rings. The lowest BCUT2D eigenvalue weighted by Gasteiger charge is -2.11. The standard InChI is InChI=1S/C17H16O/c1-12(13-7-3-2-4-8-13)17-15-10-6-5-9-14(15)11-16(17)18/h2-10,16,18H,11H2,1H3. The third kappa shape index (κ3) is 1.77. The monoisotopic (exact) mass is 236 g/mol. The van der Waals surface area contributed by atoms with Gasteiger partial charge in [0, 0.05) is 6.42 Å². The maximum absolute atomic E-state index is 10.3. The summed E-state index contributed by atoms with van der Waals surface area (Å²) in [5.41, 5.74) is 5.88. The Kier molecular flexibility index (Phi) is 2.77. The fourth-order valence-corrected chi connectivity index (χ4v) is 2.75. The van der Waals surface area contributed by atoms with Crippen LogP contribution in [-0.4, -0.2) is 11.2 Å². The molecule has 1 atom stereocenters. The van der Waals surface area contributed by atoms with E-state index in [-0.39, 0.29) is 6.10 Å². The summed E-state index contributed by atoms with van der Waals surface area (Å²) in [5, 5.41) is 10.3. The Morgan fingerprint density at radius 3 is 2.44 bits per heavy atom. The number of rotatable bonds is 1. The summed E-state index contributed by atoms with van der Waals surface area (Å²) < 4.78 is 0. The number of aliphatic hydroxyl groups excluding tert-OH is 1. The van der Waals surface area contributed by atoms with Crippen molar-refractivity contribution >= 4 is 11.1 Å². The number of hydrogen-bond donors (Lipinski definition) is 1. The van der Waals surface area contributed by atoms with Gasteiger partial charge >= 0.3 is 0 Å². The van der Waals surface area contributed by atoms with E-state index in [1.165, 1.54) is 22.3 Å². The largest absolute Gasteiger partial charge is 0.388 e. The second-order valence-corrected chi connectivity index (χ2v) is 4.78. The van der Waals surface area contributed by atoms with Gasteiger partial charge in [0.15, 0.2) is 0 Å². The molecule has 90 valence electrons. The van der Waals surface area contributed by atoms with Crippen molar-refractivity contribution in [1.29, 1.82) is 0 Å². The quantitative estimate of drug-likeness (QED) is 0.803. The molecular weight excluding hydrogens is 220 g/mol. The van der Waals surface area contributed by atoms with E-state index in [2.05, 4.69) is 31.2 Å². The van der Waals surface area contributed by atoms with Crippen LogP contribution < -0.4 is 0 Å². The van der Waals surface area contributed by atoms with Crippen LogP contribution >= 0.6 is 0 Å². The van der Waals surface area contributed by atoms with Crippen LogP contribution in [0.5, 0.6) is 0 Å². The predicted molar refractivity (Wildman–Crippen MR) is 75.1 cm³/mol. The Morgan fingerprint density at radius 2 is 1.67 bits per heavy atom. The van der Waals surface area contributed by atoms with Crippen molar-refractivity contribution in [2.75, 3.05) is 0 Å². The van der Waals surface area contributed by atoms with E-state index < -0.39 is 0 Å². The van der Waals surface area contributed by atoms with E-state index in [9.17, 15) is 5.11 Å². The van der Waals surface area contributed by atoms with Crippen molar-refractivity contribution in [2.24, 2.45) is 0 Å². The van der Waals surface area contributed by atoms with E-state index in [1.54, 1.807) is 0 Å². The van der Waals surface area contributed by atoms with Crippen molar-refractivity contribution in [3.63, 3.8) is 0 Å². The van der Waals surface area contributed by atoms with Gasteiger partial charge < -0.3 is 5.11 Å². The van der Waals surface area contributed by atoms with Gasteiger partial charge in [0.25, 0.3) is 0 Å². The molecule has 0 fully saturated rings. The molecular formula is C17H16O. The third-order valence-electron chi connectivity index (χ3n) is 3.66. The highest BCUT2D eigenvalue weighted by atomic mass is 16.3. The minimum absolute atomic E-state index is 0.373. The van der Waals surface area contributed by atoms with Crippen molar-refractivity contribution in [3.8, 4) is 0 Å². The first-order valence-corrected chi connectivity index (χ1v) is 6.30. The van der Waals surface area contributed by atoms with Crippen molar-refractivity contribution < 1.29 is 5.11 Å². The van der Waals surface area contributed by atoms with E-state index in [1.807, 2.05) is 30.3 Å². The van der Waals surface area contributed by atoms with E-state index in [4.69, 9.17) is 0 Å². The van der Waals surface area contributed by atoms with Crippen LogP contribution in [-0.2, 0) is 6.42 Å². The molecule has 2 aromatic rings. The molecule has 1 heteroatoms. The molecule has 2 aromatic carbocycles. The molecule has 0 amide bonds. The number of allylic oxidation sites excluding steroid dienone is 1. The Balaban J connectivity index is 2.17. The van der Waals surface area contributed by atoms with Crippen LogP contribution in [0, 0.1) is 0 Å². The lowest BCUT2D eigenvalue weighted by molar-refractivity contribution is 0.240. The van der Waals surface area contributed by atoms with Gasteiger partial charge in [0.05, 0.1) is 6.10 Å². The third-order valence-corrected chi connectivity index (χ3v) is 3.66. The van der Waals surface area contributed by atoms with Crippen LogP contribution in [0.2, 0.25) is 0 Å². The van der Waals surface area contributed by atoms with Crippen LogP contribution in [0.25, 0.3) is 11.1 Å². The lowest BCUT2D eigenvalue weighted by atomic mass is 9.96. The SMILES string of the molecule is CC(=C1c2ccccc2CC1O)c1ccccc1. The van der Waals surface area contributed by atoms with E-state index in [0.717, 1.165) is 12.0 Å². The Hall–Kier alpha value is -1.86. The minimum Gasteiger partial charge on any atom is -0.388 e. The summed E-state index contributed by atoms with van der Waals surface area (Å²) in [6.45, 7) is 2.09. The maximum atomic E-state index is 10.3.